The Hall–Kier alpha value is -2.19. The van der Waals surface area contributed by atoms with E-state index in [0.29, 0.717) is 10.1 Å². The molecule has 2 rings (SSSR count). The minimum atomic E-state index is -0.715. The Labute approximate surface area is 167 Å². The van der Waals surface area contributed by atoms with Crippen molar-refractivity contribution in [2.45, 2.75) is 38.6 Å². The molecular weight excluding hydrogens is 388 g/mol. The highest BCUT2D eigenvalue weighted by Gasteiger charge is 2.28. The van der Waals surface area contributed by atoms with Gasteiger partial charge in [0.05, 0.1) is 7.11 Å². The van der Waals surface area contributed by atoms with Gasteiger partial charge in [0.1, 0.15) is 22.2 Å². The number of rotatable bonds is 8. The molecule has 0 aliphatic rings. The highest BCUT2D eigenvalue weighted by atomic mass is 35.5. The van der Waals surface area contributed by atoms with Gasteiger partial charge in [-0.3, -0.25) is 14.9 Å². The lowest BCUT2D eigenvalue weighted by Crippen LogP contribution is -2.49. The molecule has 0 spiro atoms. The smallest absolute Gasteiger partial charge is 0.249 e. The fourth-order valence-corrected chi connectivity index (χ4v) is 3.09. The molecule has 2 aromatic rings. The van der Waals surface area contributed by atoms with Crippen molar-refractivity contribution >= 4 is 39.9 Å². The first-order chi connectivity index (χ1) is 12.8. The maximum absolute atomic E-state index is 12.7. The van der Waals surface area contributed by atoms with Crippen molar-refractivity contribution in [2.75, 3.05) is 12.4 Å². The third-order valence-corrected chi connectivity index (χ3v) is 5.23. The number of ether oxygens (including phenoxy) is 1. The molecule has 1 aromatic heterocycles. The van der Waals surface area contributed by atoms with E-state index in [0.717, 1.165) is 17.7 Å². The molecule has 0 bridgehead atoms. The Balaban J connectivity index is 2.10. The molecule has 0 unspecified atom stereocenters. The fourth-order valence-electron chi connectivity index (χ4n) is 2.28. The van der Waals surface area contributed by atoms with Gasteiger partial charge in [0, 0.05) is 5.56 Å². The summed E-state index contributed by atoms with van der Waals surface area (Å²) in [5.41, 5.74) is 0.872. The van der Waals surface area contributed by atoms with Crippen molar-refractivity contribution in [1.29, 1.82) is 0 Å². The molecule has 0 aliphatic carbocycles. The maximum Gasteiger partial charge on any atom is 0.249 e. The van der Waals surface area contributed by atoms with Gasteiger partial charge in [-0.1, -0.05) is 31.6 Å². The number of alkyl halides is 1. The van der Waals surface area contributed by atoms with Crippen molar-refractivity contribution < 1.29 is 14.3 Å². The molecule has 0 aliphatic heterocycles. The van der Waals surface area contributed by atoms with Gasteiger partial charge in [0.15, 0.2) is 0 Å². The van der Waals surface area contributed by atoms with Crippen LogP contribution in [0.5, 0.6) is 5.75 Å². The van der Waals surface area contributed by atoms with E-state index in [9.17, 15) is 9.59 Å². The van der Waals surface area contributed by atoms with E-state index in [-0.39, 0.29) is 17.7 Å². The van der Waals surface area contributed by atoms with E-state index in [1.807, 2.05) is 38.1 Å². The number of anilines is 1. The summed E-state index contributed by atoms with van der Waals surface area (Å²) in [5, 5.41) is 13.9. The van der Waals surface area contributed by atoms with Gasteiger partial charge < -0.3 is 10.1 Å². The number of methoxy groups -OCH3 is 1. The Morgan fingerprint density at radius 2 is 1.85 bits per heavy atom. The number of carbonyl (C=O) groups is 2. The largest absolute Gasteiger partial charge is 0.497 e. The van der Waals surface area contributed by atoms with Gasteiger partial charge >= 0.3 is 0 Å². The van der Waals surface area contributed by atoms with Crippen LogP contribution in [0, 0.1) is 5.92 Å². The zero-order chi connectivity index (χ0) is 20.0. The summed E-state index contributed by atoms with van der Waals surface area (Å²) >= 11 is 7.06. The lowest BCUT2D eigenvalue weighted by molar-refractivity contribution is -0.127. The van der Waals surface area contributed by atoms with Crippen molar-refractivity contribution in [3.05, 3.63) is 24.3 Å². The van der Waals surface area contributed by atoms with Crippen LogP contribution in [0.3, 0.4) is 0 Å². The van der Waals surface area contributed by atoms with Crippen LogP contribution in [-0.2, 0) is 9.59 Å². The summed E-state index contributed by atoms with van der Waals surface area (Å²) in [6.07, 6.45) is 0.724. The highest BCUT2D eigenvalue weighted by Crippen LogP contribution is 2.28. The quantitative estimate of drug-likeness (QED) is 0.651. The number of nitrogens with zero attached hydrogens (tertiary/aromatic N) is 2. The number of carbonyl (C=O) groups excluding carboxylic acids is 2. The monoisotopic (exact) mass is 410 g/mol. The number of halogens is 1. The Bertz CT molecular complexity index is 779. The summed E-state index contributed by atoms with van der Waals surface area (Å²) in [4.78, 5) is 24.6. The summed E-state index contributed by atoms with van der Waals surface area (Å²) in [6.45, 7) is 5.41. The number of amides is 2. The van der Waals surface area contributed by atoms with Crippen LogP contribution >= 0.6 is 22.9 Å². The van der Waals surface area contributed by atoms with Gasteiger partial charge in [-0.05, 0) is 37.1 Å². The highest BCUT2D eigenvalue weighted by molar-refractivity contribution is 7.18. The predicted molar refractivity (Wildman–Crippen MR) is 107 cm³/mol. The van der Waals surface area contributed by atoms with E-state index in [4.69, 9.17) is 16.3 Å². The van der Waals surface area contributed by atoms with Crippen molar-refractivity contribution in [2.24, 2.45) is 5.92 Å². The maximum atomic E-state index is 12.7. The number of hydrogen-bond donors (Lipinski definition) is 2. The molecule has 0 fully saturated rings. The number of benzene rings is 1. The van der Waals surface area contributed by atoms with E-state index in [1.54, 1.807) is 14.0 Å². The molecule has 7 nitrogen and oxygen atoms in total. The van der Waals surface area contributed by atoms with Crippen molar-refractivity contribution in [3.8, 4) is 16.3 Å². The number of hydrogen-bond acceptors (Lipinski definition) is 6. The van der Waals surface area contributed by atoms with Crippen molar-refractivity contribution in [3.63, 3.8) is 0 Å². The topological polar surface area (TPSA) is 93.2 Å². The van der Waals surface area contributed by atoms with Crippen LogP contribution in [0.2, 0.25) is 0 Å². The average molecular weight is 411 g/mol. The lowest BCUT2D eigenvalue weighted by atomic mass is 9.98. The minimum Gasteiger partial charge on any atom is -0.497 e. The summed E-state index contributed by atoms with van der Waals surface area (Å²) in [6, 6.07) is 6.70. The zero-order valence-electron chi connectivity index (χ0n) is 15.7. The predicted octanol–water partition coefficient (Wildman–Crippen LogP) is 3.31. The first kappa shape index (κ1) is 21.1. The van der Waals surface area contributed by atoms with Gasteiger partial charge in [0.2, 0.25) is 16.9 Å². The lowest BCUT2D eigenvalue weighted by Gasteiger charge is -2.23. The second-order valence-electron chi connectivity index (χ2n) is 6.12. The normalized spacial score (nSPS) is 14.1. The summed E-state index contributed by atoms with van der Waals surface area (Å²) < 4.78 is 5.14. The average Bonchev–Trinajstić information content (AvgIpc) is 3.13. The first-order valence-corrected chi connectivity index (χ1v) is 9.84. The van der Waals surface area contributed by atoms with Gasteiger partial charge in [-0.15, -0.1) is 21.8 Å². The molecule has 3 atom stereocenters. The molecule has 9 heteroatoms. The molecule has 27 heavy (non-hydrogen) atoms. The summed E-state index contributed by atoms with van der Waals surface area (Å²) in [7, 11) is 1.60. The molecule has 2 N–H and O–H groups in total. The molecule has 1 heterocycles. The van der Waals surface area contributed by atoms with Crippen molar-refractivity contribution in [1.82, 2.24) is 15.5 Å². The fraction of sp³-hybridized carbons (Fsp3) is 0.444. The molecule has 0 saturated heterocycles. The summed E-state index contributed by atoms with van der Waals surface area (Å²) in [5.74, 6) is -0.0310. The van der Waals surface area contributed by atoms with E-state index < -0.39 is 11.4 Å². The Morgan fingerprint density at radius 3 is 2.41 bits per heavy atom. The van der Waals surface area contributed by atoms with E-state index in [2.05, 4.69) is 20.8 Å². The Morgan fingerprint density at radius 1 is 1.19 bits per heavy atom. The third-order valence-electron chi connectivity index (χ3n) is 4.15. The van der Waals surface area contributed by atoms with Gasteiger partial charge in [0.25, 0.3) is 0 Å². The van der Waals surface area contributed by atoms with Gasteiger partial charge in [-0.25, -0.2) is 0 Å². The van der Waals surface area contributed by atoms with Crippen LogP contribution in [0.25, 0.3) is 10.6 Å². The second-order valence-corrected chi connectivity index (χ2v) is 7.75. The second kappa shape index (κ2) is 9.66. The first-order valence-electron chi connectivity index (χ1n) is 8.59. The van der Waals surface area contributed by atoms with E-state index >= 15 is 0 Å². The molecular formula is C18H23ClN4O3S. The van der Waals surface area contributed by atoms with E-state index in [1.165, 1.54) is 11.3 Å². The Kier molecular flexibility index (Phi) is 7.55. The van der Waals surface area contributed by atoms with Crippen LogP contribution in [0.4, 0.5) is 5.13 Å². The third kappa shape index (κ3) is 5.64. The van der Waals surface area contributed by atoms with Crippen LogP contribution < -0.4 is 15.4 Å². The van der Waals surface area contributed by atoms with Crippen LogP contribution in [0.15, 0.2) is 24.3 Å². The standard InChI is InChI=1S/C18H23ClN4O3S/c1-5-10(2)14(20-15(24)11(3)19)16(25)21-18-23-22-17(27-18)12-6-8-13(26-4)9-7-12/h6-11,14H,5H2,1-4H3,(H,20,24)(H,21,23,25)/t10-,11+,14-/m0/s1. The SMILES string of the molecule is CC[C@H](C)[C@H](NC(=O)[C@@H](C)Cl)C(=O)Nc1nnc(-c2ccc(OC)cc2)s1. The van der Waals surface area contributed by atoms with Gasteiger partial charge in [-0.2, -0.15) is 0 Å². The van der Waals surface area contributed by atoms with Crippen LogP contribution in [-0.4, -0.2) is 40.5 Å². The number of aromatic nitrogens is 2. The minimum absolute atomic E-state index is 0.0571. The molecule has 1 aromatic carbocycles. The molecule has 0 saturated carbocycles. The van der Waals surface area contributed by atoms with Crippen LogP contribution in [0.1, 0.15) is 27.2 Å². The molecule has 0 radical (unpaired) electrons. The molecule has 2 amide bonds. The zero-order valence-corrected chi connectivity index (χ0v) is 17.2. The molecule has 146 valence electrons. The number of nitrogens with one attached hydrogen (secondary N) is 2.